The average Bonchev–Trinajstić information content (AvgIpc) is 2.54. The number of piperidine rings is 1. The molecule has 3 nitrogen and oxygen atoms in total. The van der Waals surface area contributed by atoms with E-state index in [0.29, 0.717) is 0 Å². The maximum Gasteiger partial charge on any atom is 0.427 e. The zero-order valence-corrected chi connectivity index (χ0v) is 13.6. The molecule has 0 saturated carbocycles. The van der Waals surface area contributed by atoms with Crippen molar-refractivity contribution in [1.82, 2.24) is 4.31 Å². The fourth-order valence-corrected chi connectivity index (χ4v) is 3.67. The molecule has 1 heterocycles. The van der Waals surface area contributed by atoms with Gasteiger partial charge in [-0.1, -0.05) is 6.42 Å². The van der Waals surface area contributed by atoms with Crippen LogP contribution in [0.1, 0.15) is 19.3 Å². The van der Waals surface area contributed by atoms with E-state index in [2.05, 4.69) is 0 Å². The molecule has 0 radical (unpaired) electrons. The van der Waals surface area contributed by atoms with Crippen LogP contribution in [-0.4, -0.2) is 61.2 Å². The highest BCUT2D eigenvalue weighted by molar-refractivity contribution is 7.90. The van der Waals surface area contributed by atoms with Crippen molar-refractivity contribution in [3.8, 4) is 0 Å². The zero-order valence-electron chi connectivity index (χ0n) is 12.8. The van der Waals surface area contributed by atoms with Crippen LogP contribution in [-0.2, 0) is 10.0 Å². The van der Waals surface area contributed by atoms with Gasteiger partial charge in [-0.2, -0.15) is 48.2 Å². The van der Waals surface area contributed by atoms with Crippen molar-refractivity contribution in [3.63, 3.8) is 0 Å². The Kier molecular flexibility index (Phi) is 6.11. The molecule has 1 saturated heterocycles. The molecule has 16 heteroatoms. The second-order valence-corrected chi connectivity index (χ2v) is 7.61. The molecule has 0 aromatic heterocycles. The molecule has 0 aromatic rings. The summed E-state index contributed by atoms with van der Waals surface area (Å²) in [6, 6.07) is 0. The first kappa shape index (κ1) is 24.1. The smallest absolute Gasteiger partial charge is 0.206 e. The number of sulfonamides is 1. The van der Waals surface area contributed by atoms with Crippen molar-refractivity contribution in [1.29, 1.82) is 0 Å². The van der Waals surface area contributed by atoms with Gasteiger partial charge >= 0.3 is 35.4 Å². The molecule has 0 aromatic carbocycles. The Morgan fingerprint density at radius 3 is 1.44 bits per heavy atom. The lowest BCUT2D eigenvalue weighted by Crippen LogP contribution is -2.70. The third-order valence-corrected chi connectivity index (χ3v) is 5.78. The van der Waals surface area contributed by atoms with E-state index >= 15 is 0 Å². The third kappa shape index (κ3) is 3.25. The molecule has 0 aliphatic carbocycles. The molecule has 162 valence electrons. The Labute approximate surface area is 144 Å². The molecule has 1 fully saturated rings. The van der Waals surface area contributed by atoms with Gasteiger partial charge in [0.1, 0.15) is 0 Å². The minimum Gasteiger partial charge on any atom is -0.206 e. The molecular formula is C11H11F12NO2S. The van der Waals surface area contributed by atoms with Gasteiger partial charge in [-0.05, 0) is 12.8 Å². The van der Waals surface area contributed by atoms with Gasteiger partial charge in [0.05, 0.1) is 0 Å². The van der Waals surface area contributed by atoms with Crippen molar-refractivity contribution >= 4 is 10.0 Å². The highest BCUT2D eigenvalue weighted by Crippen LogP contribution is 2.59. The van der Waals surface area contributed by atoms with Crippen LogP contribution in [0, 0.1) is 0 Å². The van der Waals surface area contributed by atoms with Crippen molar-refractivity contribution in [2.75, 3.05) is 13.1 Å². The molecule has 0 N–H and O–H groups in total. The van der Waals surface area contributed by atoms with Gasteiger partial charge < -0.3 is 0 Å². The van der Waals surface area contributed by atoms with Gasteiger partial charge in [0.15, 0.2) is 0 Å². The number of rotatable bonds is 7. The first-order valence-corrected chi connectivity index (χ1v) is 8.41. The SMILES string of the molecule is O=S(=O)(N1CCCCC1)C(F)(F)C(F)(F)C(F)(F)C(F)(F)C(F)(F)C(F)F. The van der Waals surface area contributed by atoms with E-state index in [0.717, 1.165) is 0 Å². The lowest BCUT2D eigenvalue weighted by atomic mass is 9.99. The Morgan fingerprint density at radius 2 is 1.07 bits per heavy atom. The first-order chi connectivity index (χ1) is 11.8. The van der Waals surface area contributed by atoms with Crippen LogP contribution >= 0.6 is 0 Å². The number of halogens is 12. The molecule has 0 atom stereocenters. The van der Waals surface area contributed by atoms with E-state index in [9.17, 15) is 61.1 Å². The fraction of sp³-hybridized carbons (Fsp3) is 1.00. The number of hydrogen-bond donors (Lipinski definition) is 0. The van der Waals surface area contributed by atoms with E-state index in [4.69, 9.17) is 0 Å². The maximum absolute atomic E-state index is 13.8. The summed E-state index contributed by atoms with van der Waals surface area (Å²) in [6.07, 6.45) is -5.70. The van der Waals surface area contributed by atoms with Crippen LogP contribution in [0.4, 0.5) is 52.7 Å². The fourth-order valence-electron chi connectivity index (χ4n) is 2.16. The average molecular weight is 449 g/mol. The summed E-state index contributed by atoms with van der Waals surface area (Å²) in [7, 11) is -6.72. The zero-order chi connectivity index (χ0) is 21.7. The van der Waals surface area contributed by atoms with Crippen LogP contribution in [0.25, 0.3) is 0 Å². The van der Waals surface area contributed by atoms with Gasteiger partial charge in [-0.3, -0.25) is 0 Å². The van der Waals surface area contributed by atoms with Crippen LogP contribution < -0.4 is 0 Å². The number of nitrogens with zero attached hydrogens (tertiary/aromatic N) is 1. The first-order valence-electron chi connectivity index (χ1n) is 6.97. The van der Waals surface area contributed by atoms with Crippen molar-refractivity contribution in [2.45, 2.75) is 54.6 Å². The molecular weight excluding hydrogens is 438 g/mol. The van der Waals surface area contributed by atoms with E-state index in [1.165, 1.54) is 0 Å². The van der Waals surface area contributed by atoms with E-state index in [1.54, 1.807) is 0 Å². The van der Waals surface area contributed by atoms with Crippen LogP contribution in [0.3, 0.4) is 0 Å². The second-order valence-electron chi connectivity index (χ2n) is 5.63. The molecule has 0 unspecified atom stereocenters. The van der Waals surface area contributed by atoms with Gasteiger partial charge in [0.25, 0.3) is 10.0 Å². The second kappa shape index (κ2) is 6.84. The monoisotopic (exact) mass is 449 g/mol. The number of hydrogen-bond acceptors (Lipinski definition) is 2. The predicted molar refractivity (Wildman–Crippen MR) is 65.1 cm³/mol. The highest BCUT2D eigenvalue weighted by Gasteiger charge is 2.90. The van der Waals surface area contributed by atoms with E-state index < -0.39 is 58.5 Å². The molecule has 27 heavy (non-hydrogen) atoms. The maximum atomic E-state index is 13.8. The van der Waals surface area contributed by atoms with Gasteiger partial charge in [-0.15, -0.1) is 0 Å². The predicted octanol–water partition coefficient (Wildman–Crippen LogP) is 4.20. The van der Waals surface area contributed by atoms with Crippen LogP contribution in [0.2, 0.25) is 0 Å². The molecule has 1 rings (SSSR count). The Balaban J connectivity index is 3.48. The molecule has 0 amide bonds. The minimum absolute atomic E-state index is 0.156. The van der Waals surface area contributed by atoms with E-state index in [-0.39, 0.29) is 23.6 Å². The minimum atomic E-state index is -7.85. The molecule has 1 aliphatic rings. The van der Waals surface area contributed by atoms with Crippen molar-refractivity contribution < 1.29 is 61.1 Å². The van der Waals surface area contributed by atoms with Crippen molar-refractivity contribution in [2.24, 2.45) is 0 Å². The lowest BCUT2D eigenvalue weighted by Gasteiger charge is -2.40. The molecule has 0 spiro atoms. The van der Waals surface area contributed by atoms with E-state index in [1.807, 2.05) is 0 Å². The highest BCUT2D eigenvalue weighted by atomic mass is 32.2. The van der Waals surface area contributed by atoms with Gasteiger partial charge in [0, 0.05) is 13.1 Å². The summed E-state index contributed by atoms with van der Waals surface area (Å²) in [6.45, 7) is -1.69. The summed E-state index contributed by atoms with van der Waals surface area (Å²) in [5.41, 5.74) is 0. The summed E-state index contributed by atoms with van der Waals surface area (Å²) >= 11 is 0. The van der Waals surface area contributed by atoms with Crippen molar-refractivity contribution in [3.05, 3.63) is 0 Å². The topological polar surface area (TPSA) is 37.4 Å². The quantitative estimate of drug-likeness (QED) is 0.547. The third-order valence-electron chi connectivity index (χ3n) is 3.83. The lowest BCUT2D eigenvalue weighted by molar-refractivity contribution is -0.402. The van der Waals surface area contributed by atoms with Gasteiger partial charge in [0.2, 0.25) is 0 Å². The van der Waals surface area contributed by atoms with Crippen LogP contribution in [0.15, 0.2) is 0 Å². The summed E-state index contributed by atoms with van der Waals surface area (Å²) < 4.78 is 179. The largest absolute Gasteiger partial charge is 0.427 e. The van der Waals surface area contributed by atoms with Crippen LogP contribution in [0.5, 0.6) is 0 Å². The summed E-state index contributed by atoms with van der Waals surface area (Å²) in [4.78, 5) is 0. The Bertz CT molecular complexity index is 642. The normalized spacial score (nSPS) is 19.6. The molecule has 0 bridgehead atoms. The molecule has 1 aliphatic heterocycles. The van der Waals surface area contributed by atoms with Gasteiger partial charge in [-0.25, -0.2) is 17.2 Å². The standard InChI is InChI=1S/C11H11F12NO2S/c12-6(13)7(14,15)8(16,17)9(18,19)10(20,21)11(22,23)27(25,26)24-4-2-1-3-5-24/h6H,1-5H2. The Morgan fingerprint density at radius 1 is 0.667 bits per heavy atom. The number of alkyl halides is 12. The Hall–Kier alpha value is -0.930. The summed E-state index contributed by atoms with van der Waals surface area (Å²) in [5.74, 6) is -30.4. The summed E-state index contributed by atoms with van der Waals surface area (Å²) in [5, 5.41) is -7.00.